The first kappa shape index (κ1) is 16.9. The maximum Gasteiger partial charge on any atom is 0.268 e. The van der Waals surface area contributed by atoms with Gasteiger partial charge < -0.3 is 21.0 Å². The Balaban J connectivity index is 3.52. The predicted octanol–water partition coefficient (Wildman–Crippen LogP) is 0.0893. The summed E-state index contributed by atoms with van der Waals surface area (Å²) in [4.78, 5) is 22.3. The number of hydrogen-bond acceptors (Lipinski definition) is 6. The minimum atomic E-state index is -0.398. The molecular weight excluding hydrogens is 252 g/mol. The summed E-state index contributed by atoms with van der Waals surface area (Å²) in [7, 11) is 0. The molecule has 0 spiro atoms. The van der Waals surface area contributed by atoms with E-state index in [1.807, 2.05) is 0 Å². The van der Waals surface area contributed by atoms with E-state index < -0.39 is 11.8 Å². The number of carbonyl (C=O) groups is 2. The molecule has 0 unspecified atom stereocenters. The van der Waals surface area contributed by atoms with Gasteiger partial charge in [0.05, 0.1) is 0 Å². The fraction of sp³-hybridized carbons (Fsp3) is 0.636. The monoisotopic (exact) mass is 272 g/mol. The van der Waals surface area contributed by atoms with Crippen LogP contribution in [0.3, 0.4) is 0 Å². The van der Waals surface area contributed by atoms with Crippen molar-refractivity contribution in [2.75, 3.05) is 13.1 Å². The molecule has 0 bridgehead atoms. The zero-order valence-corrected chi connectivity index (χ0v) is 11.1. The highest BCUT2D eigenvalue weighted by atomic mass is 16.4. The Bertz CT molecular complexity index is 332. The Morgan fingerprint density at radius 2 is 1.21 bits per heavy atom. The average molecular weight is 272 g/mol. The SMILES string of the molecule is C/C(=N\O)C(=O)NCCCCCNC(=O)/C(C)=N/O. The molecule has 0 rings (SSSR count). The first-order valence-electron chi connectivity index (χ1n) is 5.96. The van der Waals surface area contributed by atoms with Gasteiger partial charge in [0.1, 0.15) is 11.4 Å². The van der Waals surface area contributed by atoms with Crippen LogP contribution in [0.25, 0.3) is 0 Å². The fourth-order valence-corrected chi connectivity index (χ4v) is 1.18. The van der Waals surface area contributed by atoms with Gasteiger partial charge in [0.2, 0.25) is 0 Å². The lowest BCUT2D eigenvalue weighted by molar-refractivity contribution is -0.115. The molecule has 0 atom stereocenters. The highest BCUT2D eigenvalue weighted by molar-refractivity contribution is 6.38. The molecule has 0 aromatic carbocycles. The average Bonchev–Trinajstić information content (AvgIpc) is 2.43. The molecule has 0 aromatic heterocycles. The zero-order chi connectivity index (χ0) is 14.7. The normalized spacial score (nSPS) is 12.1. The van der Waals surface area contributed by atoms with Gasteiger partial charge in [-0.3, -0.25) is 9.59 Å². The van der Waals surface area contributed by atoms with E-state index in [9.17, 15) is 9.59 Å². The third-order valence-corrected chi connectivity index (χ3v) is 2.38. The first-order chi connectivity index (χ1) is 9.02. The van der Waals surface area contributed by atoms with Gasteiger partial charge in [0, 0.05) is 13.1 Å². The van der Waals surface area contributed by atoms with Crippen molar-refractivity contribution in [3.05, 3.63) is 0 Å². The number of amides is 2. The molecule has 0 heterocycles. The lowest BCUT2D eigenvalue weighted by Gasteiger charge is -2.05. The molecule has 0 saturated carbocycles. The minimum Gasteiger partial charge on any atom is -0.410 e. The minimum absolute atomic E-state index is 0.0195. The number of hydrogen-bond donors (Lipinski definition) is 4. The van der Waals surface area contributed by atoms with Gasteiger partial charge in [-0.2, -0.15) is 0 Å². The zero-order valence-electron chi connectivity index (χ0n) is 11.1. The van der Waals surface area contributed by atoms with Crippen molar-refractivity contribution >= 4 is 23.2 Å². The lowest BCUT2D eigenvalue weighted by atomic mass is 10.2. The van der Waals surface area contributed by atoms with Crippen LogP contribution in [0.4, 0.5) is 0 Å². The van der Waals surface area contributed by atoms with Crippen LogP contribution in [0.5, 0.6) is 0 Å². The van der Waals surface area contributed by atoms with Crippen LogP contribution in [0, 0.1) is 0 Å². The van der Waals surface area contributed by atoms with Crippen molar-refractivity contribution in [3.8, 4) is 0 Å². The molecule has 4 N–H and O–H groups in total. The summed E-state index contributed by atoms with van der Waals surface area (Å²) in [6, 6.07) is 0. The molecule has 108 valence electrons. The predicted molar refractivity (Wildman–Crippen MR) is 69.7 cm³/mol. The first-order valence-corrected chi connectivity index (χ1v) is 5.96. The standard InChI is InChI=1S/C11H20N4O4/c1-8(14-18)10(16)12-6-4-3-5-7-13-11(17)9(2)15-19/h18-19H,3-7H2,1-2H3,(H,12,16)(H,13,17)/b14-8+,15-9+. The fourth-order valence-electron chi connectivity index (χ4n) is 1.18. The van der Waals surface area contributed by atoms with Gasteiger partial charge in [-0.1, -0.05) is 10.3 Å². The van der Waals surface area contributed by atoms with E-state index in [0.29, 0.717) is 13.1 Å². The third kappa shape index (κ3) is 7.74. The molecule has 8 nitrogen and oxygen atoms in total. The summed E-state index contributed by atoms with van der Waals surface area (Å²) in [6.45, 7) is 3.79. The maximum atomic E-state index is 11.2. The van der Waals surface area contributed by atoms with Crippen molar-refractivity contribution in [2.45, 2.75) is 33.1 Å². The second-order valence-corrected chi connectivity index (χ2v) is 3.94. The Labute approximate surface area is 111 Å². The van der Waals surface area contributed by atoms with E-state index in [1.165, 1.54) is 13.8 Å². The summed E-state index contributed by atoms with van der Waals surface area (Å²) >= 11 is 0. The van der Waals surface area contributed by atoms with Crippen LogP contribution in [0.15, 0.2) is 10.3 Å². The van der Waals surface area contributed by atoms with Gasteiger partial charge in [-0.25, -0.2) is 0 Å². The number of nitrogens with one attached hydrogen (secondary N) is 2. The second-order valence-electron chi connectivity index (χ2n) is 3.94. The molecule has 0 saturated heterocycles. The number of oxime groups is 2. The van der Waals surface area contributed by atoms with Crippen molar-refractivity contribution in [2.24, 2.45) is 10.3 Å². The topological polar surface area (TPSA) is 123 Å². The summed E-state index contributed by atoms with van der Waals surface area (Å²) < 4.78 is 0. The summed E-state index contributed by atoms with van der Waals surface area (Å²) in [5.74, 6) is -0.795. The van der Waals surface area contributed by atoms with E-state index in [0.717, 1.165) is 19.3 Å². The number of carbonyl (C=O) groups excluding carboxylic acids is 2. The molecule has 0 aromatic rings. The molecule has 8 heteroatoms. The largest absolute Gasteiger partial charge is 0.410 e. The second kappa shape index (κ2) is 9.86. The molecule has 19 heavy (non-hydrogen) atoms. The van der Waals surface area contributed by atoms with Crippen LogP contribution in [-0.4, -0.2) is 46.7 Å². The van der Waals surface area contributed by atoms with Gasteiger partial charge in [-0.15, -0.1) is 0 Å². The van der Waals surface area contributed by atoms with Gasteiger partial charge >= 0.3 is 0 Å². The molecule has 0 aliphatic rings. The summed E-state index contributed by atoms with van der Waals surface area (Å²) in [5, 5.41) is 27.5. The van der Waals surface area contributed by atoms with Crippen LogP contribution >= 0.6 is 0 Å². The van der Waals surface area contributed by atoms with Crippen molar-refractivity contribution in [3.63, 3.8) is 0 Å². The molecule has 0 fully saturated rings. The highest BCUT2D eigenvalue weighted by Gasteiger charge is 2.05. The van der Waals surface area contributed by atoms with E-state index in [1.54, 1.807) is 0 Å². The Morgan fingerprint density at radius 1 is 0.842 bits per heavy atom. The quantitative estimate of drug-likeness (QED) is 0.216. The summed E-state index contributed by atoms with van der Waals surface area (Å²) in [5.41, 5.74) is 0.0389. The third-order valence-electron chi connectivity index (χ3n) is 2.38. The van der Waals surface area contributed by atoms with Crippen LogP contribution in [-0.2, 0) is 9.59 Å². The summed E-state index contributed by atoms with van der Waals surface area (Å²) in [6.07, 6.45) is 2.34. The van der Waals surface area contributed by atoms with Crippen molar-refractivity contribution < 1.29 is 20.0 Å². The van der Waals surface area contributed by atoms with E-state index in [2.05, 4.69) is 20.9 Å². The molecule has 0 aliphatic carbocycles. The van der Waals surface area contributed by atoms with Crippen LogP contribution in [0.2, 0.25) is 0 Å². The van der Waals surface area contributed by atoms with E-state index in [-0.39, 0.29) is 11.4 Å². The molecule has 0 aliphatic heterocycles. The number of unbranched alkanes of at least 4 members (excludes halogenated alkanes) is 2. The Kier molecular flexibility index (Phi) is 8.76. The highest BCUT2D eigenvalue weighted by Crippen LogP contribution is 1.93. The van der Waals surface area contributed by atoms with Crippen molar-refractivity contribution in [1.82, 2.24) is 10.6 Å². The Hall–Kier alpha value is -2.12. The van der Waals surface area contributed by atoms with E-state index in [4.69, 9.17) is 10.4 Å². The van der Waals surface area contributed by atoms with Crippen LogP contribution < -0.4 is 10.6 Å². The van der Waals surface area contributed by atoms with E-state index >= 15 is 0 Å². The lowest BCUT2D eigenvalue weighted by Crippen LogP contribution is -2.31. The van der Waals surface area contributed by atoms with Crippen LogP contribution in [0.1, 0.15) is 33.1 Å². The molecule has 2 amide bonds. The smallest absolute Gasteiger partial charge is 0.268 e. The maximum absolute atomic E-state index is 11.2. The van der Waals surface area contributed by atoms with Gasteiger partial charge in [-0.05, 0) is 33.1 Å². The number of rotatable bonds is 8. The Morgan fingerprint density at radius 3 is 1.53 bits per heavy atom. The van der Waals surface area contributed by atoms with Crippen molar-refractivity contribution in [1.29, 1.82) is 0 Å². The van der Waals surface area contributed by atoms with Gasteiger partial charge in [0.15, 0.2) is 0 Å². The molecular formula is C11H20N4O4. The molecule has 0 radical (unpaired) electrons. The van der Waals surface area contributed by atoms with Gasteiger partial charge in [0.25, 0.3) is 11.8 Å². The number of nitrogens with zero attached hydrogens (tertiary/aromatic N) is 2.